The van der Waals surface area contributed by atoms with E-state index in [0.29, 0.717) is 13.1 Å². The van der Waals surface area contributed by atoms with Crippen molar-refractivity contribution >= 4 is 23.7 Å². The van der Waals surface area contributed by atoms with Gasteiger partial charge in [-0.25, -0.2) is 4.79 Å². The van der Waals surface area contributed by atoms with Crippen molar-refractivity contribution in [1.82, 2.24) is 4.90 Å². The van der Waals surface area contributed by atoms with Crippen LogP contribution in [0.15, 0.2) is 0 Å². The van der Waals surface area contributed by atoms with Gasteiger partial charge < -0.3 is 14.4 Å². The molecule has 0 N–H and O–H groups in total. The number of carbonyl (C=O) groups excluding carboxylic acids is 2. The molecule has 22 heavy (non-hydrogen) atoms. The first-order valence-corrected chi connectivity index (χ1v) is 8.51. The van der Waals surface area contributed by atoms with Gasteiger partial charge in [-0.1, -0.05) is 30.9 Å². The number of ether oxygens (including phenoxy) is 2. The van der Waals surface area contributed by atoms with Gasteiger partial charge in [0.1, 0.15) is 5.60 Å². The molecule has 2 fully saturated rings. The molecular formula is C16H26ClNO4. The molecule has 0 aromatic rings. The van der Waals surface area contributed by atoms with Gasteiger partial charge in [0.25, 0.3) is 0 Å². The summed E-state index contributed by atoms with van der Waals surface area (Å²) in [6.45, 7) is 6.47. The van der Waals surface area contributed by atoms with Crippen molar-refractivity contribution in [2.24, 2.45) is 11.3 Å². The zero-order valence-electron chi connectivity index (χ0n) is 13.7. The van der Waals surface area contributed by atoms with Gasteiger partial charge in [-0.15, -0.1) is 0 Å². The lowest BCUT2D eigenvalue weighted by Gasteiger charge is -2.36. The molecule has 1 aliphatic heterocycles. The van der Waals surface area contributed by atoms with Crippen molar-refractivity contribution in [1.29, 1.82) is 0 Å². The van der Waals surface area contributed by atoms with Gasteiger partial charge in [-0.05, 0) is 33.6 Å². The zero-order chi connectivity index (χ0) is 16.4. The molecule has 6 heteroatoms. The second-order valence-electron chi connectivity index (χ2n) is 7.41. The van der Waals surface area contributed by atoms with Gasteiger partial charge in [-0.2, -0.15) is 0 Å². The number of esters is 1. The fourth-order valence-corrected chi connectivity index (χ4v) is 3.78. The van der Waals surface area contributed by atoms with Crippen LogP contribution >= 0.6 is 11.6 Å². The number of hydrogen-bond acceptors (Lipinski definition) is 4. The largest absolute Gasteiger partial charge is 0.449 e. The molecule has 126 valence electrons. The lowest BCUT2D eigenvalue weighted by Crippen LogP contribution is -2.38. The number of nitrogens with zero attached hydrogens (tertiary/aromatic N) is 1. The van der Waals surface area contributed by atoms with Crippen LogP contribution in [0.3, 0.4) is 0 Å². The lowest BCUT2D eigenvalue weighted by atomic mass is 9.68. The van der Waals surface area contributed by atoms with E-state index < -0.39 is 5.60 Å². The first-order valence-electron chi connectivity index (χ1n) is 7.98. The highest BCUT2D eigenvalue weighted by Gasteiger charge is 2.52. The van der Waals surface area contributed by atoms with E-state index in [2.05, 4.69) is 0 Å². The summed E-state index contributed by atoms with van der Waals surface area (Å²) in [6, 6.07) is -0.141. The van der Waals surface area contributed by atoms with E-state index in [4.69, 9.17) is 21.1 Å². The smallest absolute Gasteiger partial charge is 0.410 e. The van der Waals surface area contributed by atoms with Crippen molar-refractivity contribution in [3.63, 3.8) is 0 Å². The van der Waals surface area contributed by atoms with Crippen LogP contribution < -0.4 is 0 Å². The van der Waals surface area contributed by atoms with Gasteiger partial charge >= 0.3 is 12.1 Å². The molecule has 1 heterocycles. The Kier molecular flexibility index (Phi) is 5.25. The number of likely N-dealkylation sites (tertiary alicyclic amines) is 1. The number of halogens is 1. The number of alkyl halides is 1. The van der Waals surface area contributed by atoms with Crippen LogP contribution in [0, 0.1) is 11.3 Å². The third-order valence-electron chi connectivity index (χ3n) is 4.63. The average Bonchev–Trinajstić information content (AvgIpc) is 2.77. The monoisotopic (exact) mass is 331 g/mol. The predicted molar refractivity (Wildman–Crippen MR) is 83.6 cm³/mol. The number of carbonyl (C=O) groups is 2. The molecule has 2 aliphatic rings. The quantitative estimate of drug-likeness (QED) is 0.573. The molecule has 1 aliphatic carbocycles. The Labute approximate surface area is 137 Å². The highest BCUT2D eigenvalue weighted by molar-refractivity contribution is 6.17. The second kappa shape index (κ2) is 6.65. The molecule has 1 saturated carbocycles. The van der Waals surface area contributed by atoms with Gasteiger partial charge in [0.15, 0.2) is 6.07 Å². The maximum atomic E-state index is 12.3. The summed E-state index contributed by atoms with van der Waals surface area (Å²) in [5.41, 5.74) is -0.705. The summed E-state index contributed by atoms with van der Waals surface area (Å²) in [6.07, 6.45) is 4.92. The van der Waals surface area contributed by atoms with E-state index >= 15 is 0 Å². The highest BCUT2D eigenvalue weighted by Crippen LogP contribution is 2.48. The average molecular weight is 332 g/mol. The Bertz CT molecular complexity index is 426. The van der Waals surface area contributed by atoms with Crippen molar-refractivity contribution in [3.8, 4) is 0 Å². The molecule has 1 saturated heterocycles. The topological polar surface area (TPSA) is 55.8 Å². The Morgan fingerprint density at radius 2 is 1.86 bits per heavy atom. The molecule has 0 radical (unpaired) electrons. The highest BCUT2D eigenvalue weighted by atomic mass is 35.5. The van der Waals surface area contributed by atoms with E-state index in [9.17, 15) is 9.59 Å². The van der Waals surface area contributed by atoms with Gasteiger partial charge in [0, 0.05) is 18.5 Å². The Hall–Kier alpha value is -0.970. The van der Waals surface area contributed by atoms with Crippen LogP contribution in [0.4, 0.5) is 4.79 Å². The van der Waals surface area contributed by atoms with Crippen LogP contribution in [-0.4, -0.2) is 41.7 Å². The number of amides is 1. The Morgan fingerprint density at radius 1 is 1.23 bits per heavy atom. The Morgan fingerprint density at radius 3 is 2.41 bits per heavy atom. The summed E-state index contributed by atoms with van der Waals surface area (Å²) < 4.78 is 10.5. The molecule has 2 rings (SSSR count). The third kappa shape index (κ3) is 3.86. The summed E-state index contributed by atoms with van der Waals surface area (Å²) in [5.74, 6) is -0.581. The van der Waals surface area contributed by atoms with E-state index in [1.54, 1.807) is 4.90 Å². The van der Waals surface area contributed by atoms with Crippen LogP contribution in [0.25, 0.3) is 0 Å². The van der Waals surface area contributed by atoms with Crippen molar-refractivity contribution in [3.05, 3.63) is 0 Å². The molecule has 0 aromatic heterocycles. The molecule has 0 bridgehead atoms. The van der Waals surface area contributed by atoms with Crippen LogP contribution in [-0.2, 0) is 14.3 Å². The number of rotatable bonds is 2. The maximum absolute atomic E-state index is 12.3. The zero-order valence-corrected chi connectivity index (χ0v) is 14.4. The van der Waals surface area contributed by atoms with Gasteiger partial charge in [0.2, 0.25) is 0 Å². The predicted octanol–water partition coefficient (Wildman–Crippen LogP) is 3.54. The van der Waals surface area contributed by atoms with Crippen molar-refractivity contribution < 1.29 is 19.1 Å². The summed E-state index contributed by atoms with van der Waals surface area (Å²) in [4.78, 5) is 26.3. The van der Waals surface area contributed by atoms with E-state index in [1.807, 2.05) is 20.8 Å². The summed E-state index contributed by atoms with van der Waals surface area (Å²) in [5, 5.41) is 0. The minimum atomic E-state index is -0.536. The summed E-state index contributed by atoms with van der Waals surface area (Å²) >= 11 is 5.54. The number of hydrogen-bond donors (Lipinski definition) is 0. The first kappa shape index (κ1) is 17.4. The fourth-order valence-electron chi connectivity index (χ4n) is 3.68. The molecule has 5 nitrogen and oxygen atoms in total. The van der Waals surface area contributed by atoms with E-state index in [-0.39, 0.29) is 29.5 Å². The minimum absolute atomic E-state index is 0.141. The van der Waals surface area contributed by atoms with Gasteiger partial charge in [-0.3, -0.25) is 4.79 Å². The molecule has 1 spiro atoms. The van der Waals surface area contributed by atoms with E-state index in [0.717, 1.165) is 25.7 Å². The fraction of sp³-hybridized carbons (Fsp3) is 0.875. The summed E-state index contributed by atoms with van der Waals surface area (Å²) in [7, 11) is 0. The normalized spacial score (nSPS) is 24.4. The van der Waals surface area contributed by atoms with Crippen molar-refractivity contribution in [2.75, 3.05) is 19.2 Å². The van der Waals surface area contributed by atoms with Crippen LogP contribution in [0.2, 0.25) is 0 Å². The van der Waals surface area contributed by atoms with Crippen LogP contribution in [0.1, 0.15) is 52.9 Å². The lowest BCUT2D eigenvalue weighted by molar-refractivity contribution is -0.150. The van der Waals surface area contributed by atoms with Crippen molar-refractivity contribution in [2.45, 2.75) is 58.5 Å². The maximum Gasteiger partial charge on any atom is 0.410 e. The van der Waals surface area contributed by atoms with Gasteiger partial charge in [0.05, 0.1) is 5.92 Å². The second-order valence-corrected chi connectivity index (χ2v) is 7.63. The van der Waals surface area contributed by atoms with Crippen LogP contribution in [0.5, 0.6) is 0 Å². The standard InChI is InChI=1S/C16H26ClNO4/c1-15(2,3)22-14(20)18-9-12(13(19)21-11-17)16(10-18)7-5-4-6-8-16/h12H,4-11H2,1-3H3. The minimum Gasteiger partial charge on any atom is -0.449 e. The third-order valence-corrected chi connectivity index (χ3v) is 4.74. The van der Waals surface area contributed by atoms with E-state index in [1.165, 1.54) is 6.42 Å². The Balaban J connectivity index is 2.14. The molecule has 1 unspecified atom stereocenters. The first-order chi connectivity index (χ1) is 10.3. The molecule has 0 aromatic carbocycles. The molecular weight excluding hydrogens is 306 g/mol. The molecule has 1 amide bonds. The SMILES string of the molecule is CC(C)(C)OC(=O)N1CC(C(=O)OCCl)C2(CCCCC2)C1. The molecule has 1 atom stereocenters.